The van der Waals surface area contributed by atoms with Gasteiger partial charge in [0.1, 0.15) is 30.4 Å². The number of aromatic nitrogens is 2. The molecule has 2 aromatic heterocycles. The number of hydrogen-bond donors (Lipinski definition) is 1. The highest BCUT2D eigenvalue weighted by Gasteiger charge is 2.19. The maximum absolute atomic E-state index is 12.7. The lowest BCUT2D eigenvalue weighted by Crippen LogP contribution is -2.33. The fourth-order valence-electron chi connectivity index (χ4n) is 3.80. The summed E-state index contributed by atoms with van der Waals surface area (Å²) in [5, 5.41) is 11.1. The molecule has 2 heterocycles. The predicted octanol–water partition coefficient (Wildman–Crippen LogP) is 1.59. The minimum absolute atomic E-state index is 0.0968. The van der Waals surface area contributed by atoms with Gasteiger partial charge in [0.05, 0.1) is 36.6 Å². The van der Waals surface area contributed by atoms with Gasteiger partial charge in [-0.05, 0) is 38.1 Å². The number of esters is 2. The minimum Gasteiger partial charge on any atom is -0.462 e. The van der Waals surface area contributed by atoms with Gasteiger partial charge in [0.2, 0.25) is 10.9 Å². The molecule has 0 aliphatic rings. The number of pyridine rings is 2. The molecule has 0 atom stereocenters. The molecule has 4 aromatic rings. The Morgan fingerprint density at radius 2 is 1.13 bits per heavy atom. The molecule has 0 fully saturated rings. The first kappa shape index (κ1) is 26.4. The van der Waals surface area contributed by atoms with E-state index in [1.807, 2.05) is 0 Å². The zero-order valence-corrected chi connectivity index (χ0v) is 20.8. The van der Waals surface area contributed by atoms with Crippen molar-refractivity contribution in [2.45, 2.75) is 20.0 Å². The average molecular weight is 523 g/mol. The molecule has 0 radical (unpaired) electrons. The van der Waals surface area contributed by atoms with E-state index in [4.69, 9.17) is 19.1 Å². The Morgan fingerprint density at radius 3 is 1.53 bits per heavy atom. The molecule has 198 valence electrons. The van der Waals surface area contributed by atoms with Crippen LogP contribution in [0, 0.1) is 0 Å². The molecular weight excluding hydrogens is 496 g/mol. The van der Waals surface area contributed by atoms with Gasteiger partial charge in [0.25, 0.3) is 0 Å². The summed E-state index contributed by atoms with van der Waals surface area (Å²) in [5.74, 6) is -1.57. The molecule has 11 heteroatoms. The maximum Gasteiger partial charge on any atom is 0.343 e. The number of hydrogen-bond acceptors (Lipinski definition) is 9. The monoisotopic (exact) mass is 522 g/mol. The number of rotatable bonds is 10. The zero-order valence-electron chi connectivity index (χ0n) is 20.8. The molecule has 0 aliphatic carbocycles. The lowest BCUT2D eigenvalue weighted by molar-refractivity contribution is -0.0231. The molecule has 0 aliphatic heterocycles. The molecule has 0 saturated heterocycles. The lowest BCUT2D eigenvalue weighted by Gasteiger charge is -2.19. The van der Waals surface area contributed by atoms with Crippen molar-refractivity contribution in [3.63, 3.8) is 0 Å². The van der Waals surface area contributed by atoms with Crippen LogP contribution < -0.4 is 20.5 Å². The number of para-hydroxylation sites is 2. The summed E-state index contributed by atoms with van der Waals surface area (Å²) in [5.41, 5.74) is -0.617. The van der Waals surface area contributed by atoms with Crippen molar-refractivity contribution >= 4 is 33.7 Å². The molecular formula is C27H26N2O9. The summed E-state index contributed by atoms with van der Waals surface area (Å²) in [6, 6.07) is 13.1. The van der Waals surface area contributed by atoms with Crippen molar-refractivity contribution in [1.29, 1.82) is 0 Å². The molecule has 38 heavy (non-hydrogen) atoms. The molecule has 4 rings (SSSR count). The number of ether oxygens (including phenoxy) is 2. The second-order valence-electron chi connectivity index (χ2n) is 8.12. The summed E-state index contributed by atoms with van der Waals surface area (Å²) in [7, 11) is 0. The van der Waals surface area contributed by atoms with E-state index in [9.17, 15) is 24.3 Å². The lowest BCUT2D eigenvalue weighted by atomic mass is 10.1. The number of fused-ring (bicyclic) bond motifs is 2. The number of benzene rings is 2. The Morgan fingerprint density at radius 1 is 0.737 bits per heavy atom. The fourth-order valence-corrected chi connectivity index (χ4v) is 3.80. The molecule has 0 spiro atoms. The van der Waals surface area contributed by atoms with Crippen molar-refractivity contribution in [3.8, 4) is 0 Å². The summed E-state index contributed by atoms with van der Waals surface area (Å²) in [6.07, 6.45) is 1.26. The summed E-state index contributed by atoms with van der Waals surface area (Å²) < 4.78 is 12.4. The Bertz CT molecular complexity index is 1490. The van der Waals surface area contributed by atoms with E-state index >= 15 is 0 Å². The van der Waals surface area contributed by atoms with E-state index in [2.05, 4.69) is 0 Å². The Labute approximate surface area is 216 Å². The van der Waals surface area contributed by atoms with Gasteiger partial charge in [-0.2, -0.15) is 9.46 Å². The fraction of sp³-hybridized carbons (Fsp3) is 0.259. The summed E-state index contributed by atoms with van der Waals surface area (Å²) in [6.45, 7) is 2.90. The highest BCUT2D eigenvalue weighted by molar-refractivity contribution is 5.94. The van der Waals surface area contributed by atoms with Gasteiger partial charge in [-0.3, -0.25) is 9.59 Å². The van der Waals surface area contributed by atoms with E-state index in [1.165, 1.54) is 21.9 Å². The Hall–Kier alpha value is -4.64. The smallest absolute Gasteiger partial charge is 0.343 e. The van der Waals surface area contributed by atoms with Crippen molar-refractivity contribution in [3.05, 3.63) is 92.5 Å². The third-order valence-corrected chi connectivity index (χ3v) is 5.56. The largest absolute Gasteiger partial charge is 0.462 e. The molecule has 2 aromatic carbocycles. The zero-order chi connectivity index (χ0) is 27.2. The summed E-state index contributed by atoms with van der Waals surface area (Å²) >= 11 is 0. The second-order valence-corrected chi connectivity index (χ2v) is 8.12. The maximum atomic E-state index is 12.7. The number of aliphatic hydroxyl groups excluding tert-OH is 1. The van der Waals surface area contributed by atoms with E-state index in [1.54, 1.807) is 62.4 Å². The van der Waals surface area contributed by atoms with Gasteiger partial charge in [-0.25, -0.2) is 9.59 Å². The standard InChI is InChI=1S/C27H26N2O9/c1-3-35-26(33)20-13-28(22-11-7-5-9-18(22)24(20)31)37-15-17(30)16-38-29-14-21(27(34)36-4-2)25(32)19-10-6-8-12-23(19)29/h5-14,17,30H,3-4,15-16H2,1-2H3. The van der Waals surface area contributed by atoms with Crippen molar-refractivity contribution in [1.82, 2.24) is 9.46 Å². The van der Waals surface area contributed by atoms with E-state index in [-0.39, 0.29) is 48.3 Å². The first-order valence-electron chi connectivity index (χ1n) is 11.9. The quantitative estimate of drug-likeness (QED) is 0.308. The van der Waals surface area contributed by atoms with Crippen LogP contribution in [-0.2, 0) is 9.47 Å². The van der Waals surface area contributed by atoms with E-state index < -0.39 is 28.9 Å². The van der Waals surface area contributed by atoms with E-state index in [0.717, 1.165) is 0 Å². The average Bonchev–Trinajstić information content (AvgIpc) is 2.92. The van der Waals surface area contributed by atoms with Crippen LogP contribution in [0.25, 0.3) is 21.8 Å². The molecule has 11 nitrogen and oxygen atoms in total. The molecule has 0 bridgehead atoms. The summed E-state index contributed by atoms with van der Waals surface area (Å²) in [4.78, 5) is 61.5. The third-order valence-electron chi connectivity index (χ3n) is 5.56. The predicted molar refractivity (Wildman–Crippen MR) is 137 cm³/mol. The van der Waals surface area contributed by atoms with Crippen LogP contribution in [0.5, 0.6) is 0 Å². The van der Waals surface area contributed by atoms with Crippen LogP contribution in [-0.4, -0.2) is 59.0 Å². The van der Waals surface area contributed by atoms with Gasteiger partial charge >= 0.3 is 11.9 Å². The first-order valence-corrected chi connectivity index (χ1v) is 11.9. The number of carbonyl (C=O) groups is 2. The molecule has 0 saturated carbocycles. The normalized spacial score (nSPS) is 11.1. The van der Waals surface area contributed by atoms with Gasteiger partial charge in [-0.1, -0.05) is 24.3 Å². The number of carbonyl (C=O) groups excluding carboxylic acids is 2. The third kappa shape index (κ3) is 5.37. The molecule has 0 amide bonds. The number of nitrogens with zero attached hydrogens (tertiary/aromatic N) is 2. The first-order chi connectivity index (χ1) is 18.3. The highest BCUT2D eigenvalue weighted by Crippen LogP contribution is 2.13. The number of aliphatic hydroxyl groups is 1. The van der Waals surface area contributed by atoms with Crippen LogP contribution >= 0.6 is 0 Å². The van der Waals surface area contributed by atoms with Crippen LogP contribution in [0.15, 0.2) is 70.5 Å². The Kier molecular flexibility index (Phi) is 8.07. The van der Waals surface area contributed by atoms with Crippen LogP contribution in [0.3, 0.4) is 0 Å². The van der Waals surface area contributed by atoms with Crippen molar-refractivity contribution in [2.75, 3.05) is 26.4 Å². The van der Waals surface area contributed by atoms with Crippen LogP contribution in [0.4, 0.5) is 0 Å². The SMILES string of the molecule is CCOC(=O)c1cn(OCC(O)COn2cc(C(=O)OCC)c(=O)c3ccccc32)c2ccccc2c1=O. The Balaban J connectivity index is 1.55. The van der Waals surface area contributed by atoms with Crippen molar-refractivity contribution in [2.24, 2.45) is 0 Å². The van der Waals surface area contributed by atoms with Gasteiger partial charge in [-0.15, -0.1) is 0 Å². The van der Waals surface area contributed by atoms with Gasteiger partial charge in [0.15, 0.2) is 0 Å². The van der Waals surface area contributed by atoms with Crippen LogP contribution in [0.1, 0.15) is 34.6 Å². The van der Waals surface area contributed by atoms with Gasteiger partial charge in [0, 0.05) is 10.8 Å². The molecule has 0 unspecified atom stereocenters. The highest BCUT2D eigenvalue weighted by atomic mass is 16.7. The minimum atomic E-state index is -1.18. The van der Waals surface area contributed by atoms with Gasteiger partial charge < -0.3 is 24.3 Å². The molecule has 1 N–H and O–H groups in total. The van der Waals surface area contributed by atoms with E-state index in [0.29, 0.717) is 11.0 Å². The van der Waals surface area contributed by atoms with Crippen LogP contribution in [0.2, 0.25) is 0 Å². The topological polar surface area (TPSA) is 135 Å². The van der Waals surface area contributed by atoms with Crippen molar-refractivity contribution < 1.29 is 33.8 Å². The second kappa shape index (κ2) is 11.6.